The zero-order valence-corrected chi connectivity index (χ0v) is 9.31. The van der Waals surface area contributed by atoms with Gasteiger partial charge in [0.25, 0.3) is 0 Å². The number of anilines is 1. The minimum absolute atomic E-state index is 0.272. The fourth-order valence-corrected chi connectivity index (χ4v) is 1.58. The van der Waals surface area contributed by atoms with Crippen molar-refractivity contribution in [1.82, 2.24) is 14.8 Å². The van der Waals surface area contributed by atoms with E-state index in [0.29, 0.717) is 6.42 Å². The Balaban J connectivity index is 2.24. The van der Waals surface area contributed by atoms with Gasteiger partial charge in [-0.1, -0.05) is 12.1 Å². The fraction of sp³-hybridized carbons (Fsp3) is 0.273. The molecule has 0 spiro atoms. The lowest BCUT2D eigenvalue weighted by atomic mass is 10.1. The first-order chi connectivity index (χ1) is 7.70. The number of nitrogens with one attached hydrogen (secondary N) is 1. The summed E-state index contributed by atoms with van der Waals surface area (Å²) in [6, 6.07) is 7.15. The predicted octanol–water partition coefficient (Wildman–Crippen LogP) is 1.15. The summed E-state index contributed by atoms with van der Waals surface area (Å²) >= 11 is 0. The molecule has 0 amide bonds. The smallest absolute Gasteiger partial charge is 0.224 e. The Hall–Kier alpha value is -2.04. The molecule has 1 aromatic heterocycles. The lowest BCUT2D eigenvalue weighted by molar-refractivity contribution is 0.474. The van der Waals surface area contributed by atoms with E-state index in [4.69, 9.17) is 0 Å². The van der Waals surface area contributed by atoms with Gasteiger partial charge in [0, 0.05) is 20.5 Å². The molecule has 0 aliphatic rings. The van der Waals surface area contributed by atoms with Crippen molar-refractivity contribution in [2.24, 2.45) is 7.05 Å². The number of nitrogens with zero attached hydrogens (tertiary/aromatic N) is 3. The van der Waals surface area contributed by atoms with Crippen LogP contribution in [0.2, 0.25) is 0 Å². The van der Waals surface area contributed by atoms with E-state index < -0.39 is 0 Å². The van der Waals surface area contributed by atoms with E-state index in [1.807, 2.05) is 30.8 Å². The van der Waals surface area contributed by atoms with Crippen LogP contribution in [0, 0.1) is 0 Å². The number of aromatic hydroxyl groups is 1. The molecule has 0 radical (unpaired) electrons. The van der Waals surface area contributed by atoms with Crippen LogP contribution in [0.25, 0.3) is 0 Å². The minimum atomic E-state index is 0.272. The van der Waals surface area contributed by atoms with Gasteiger partial charge in [-0.25, -0.2) is 0 Å². The number of benzene rings is 1. The lowest BCUT2D eigenvalue weighted by Gasteiger charge is -2.03. The number of aromatic nitrogens is 3. The third-order valence-corrected chi connectivity index (χ3v) is 2.46. The summed E-state index contributed by atoms with van der Waals surface area (Å²) in [5.41, 5.74) is 1.01. The Morgan fingerprint density at radius 2 is 2.19 bits per heavy atom. The Labute approximate surface area is 93.8 Å². The highest BCUT2D eigenvalue weighted by Gasteiger charge is 2.07. The molecule has 1 heterocycles. The van der Waals surface area contributed by atoms with E-state index >= 15 is 0 Å². The van der Waals surface area contributed by atoms with Crippen LogP contribution in [0.5, 0.6) is 5.75 Å². The molecule has 0 fully saturated rings. The third kappa shape index (κ3) is 1.98. The van der Waals surface area contributed by atoms with Crippen LogP contribution in [0.4, 0.5) is 5.95 Å². The van der Waals surface area contributed by atoms with Crippen molar-refractivity contribution in [2.45, 2.75) is 6.42 Å². The molecule has 1 aromatic carbocycles. The molecule has 2 N–H and O–H groups in total. The molecular formula is C11H14N4O. The van der Waals surface area contributed by atoms with Crippen molar-refractivity contribution in [3.63, 3.8) is 0 Å². The molecule has 0 bridgehead atoms. The van der Waals surface area contributed by atoms with Gasteiger partial charge < -0.3 is 15.0 Å². The van der Waals surface area contributed by atoms with E-state index in [9.17, 15) is 5.11 Å². The van der Waals surface area contributed by atoms with Gasteiger partial charge in [0.15, 0.2) is 0 Å². The summed E-state index contributed by atoms with van der Waals surface area (Å²) in [6.07, 6.45) is 0.652. The second kappa shape index (κ2) is 4.22. The van der Waals surface area contributed by atoms with Gasteiger partial charge in [-0.3, -0.25) is 0 Å². The van der Waals surface area contributed by atoms with Gasteiger partial charge in [-0.05, 0) is 17.7 Å². The zero-order chi connectivity index (χ0) is 11.5. The predicted molar refractivity (Wildman–Crippen MR) is 61.5 cm³/mol. The highest BCUT2D eigenvalue weighted by atomic mass is 16.3. The number of hydrogen-bond donors (Lipinski definition) is 2. The second-order valence-electron chi connectivity index (χ2n) is 3.60. The molecule has 0 saturated carbocycles. The van der Waals surface area contributed by atoms with Crippen LogP contribution in [0.15, 0.2) is 24.3 Å². The lowest BCUT2D eigenvalue weighted by Crippen LogP contribution is -2.03. The van der Waals surface area contributed by atoms with E-state index in [0.717, 1.165) is 17.3 Å². The highest BCUT2D eigenvalue weighted by molar-refractivity contribution is 5.31. The van der Waals surface area contributed by atoms with E-state index in [1.165, 1.54) is 0 Å². The summed E-state index contributed by atoms with van der Waals surface area (Å²) < 4.78 is 1.89. The Morgan fingerprint density at radius 1 is 1.38 bits per heavy atom. The van der Waals surface area contributed by atoms with Gasteiger partial charge >= 0.3 is 0 Å². The maximum absolute atomic E-state index is 9.36. The number of rotatable bonds is 3. The van der Waals surface area contributed by atoms with Crippen LogP contribution in [0.1, 0.15) is 11.4 Å². The molecule has 0 unspecified atom stereocenters. The van der Waals surface area contributed by atoms with E-state index in [-0.39, 0.29) is 5.75 Å². The van der Waals surface area contributed by atoms with Gasteiger partial charge in [0.2, 0.25) is 5.95 Å². The van der Waals surface area contributed by atoms with E-state index in [1.54, 1.807) is 12.1 Å². The van der Waals surface area contributed by atoms with Crippen molar-refractivity contribution >= 4 is 5.95 Å². The summed E-state index contributed by atoms with van der Waals surface area (Å²) in [7, 11) is 3.71. The third-order valence-electron chi connectivity index (χ3n) is 2.46. The summed E-state index contributed by atoms with van der Waals surface area (Å²) in [4.78, 5) is 0. The monoisotopic (exact) mass is 218 g/mol. The van der Waals surface area contributed by atoms with Crippen molar-refractivity contribution in [3.8, 4) is 5.75 Å². The Morgan fingerprint density at radius 3 is 2.81 bits per heavy atom. The average Bonchev–Trinajstić information content (AvgIpc) is 2.60. The minimum Gasteiger partial charge on any atom is -0.508 e. The second-order valence-corrected chi connectivity index (χ2v) is 3.60. The summed E-state index contributed by atoms with van der Waals surface area (Å²) in [5.74, 6) is 1.86. The first-order valence-corrected chi connectivity index (χ1v) is 5.04. The van der Waals surface area contributed by atoms with Crippen molar-refractivity contribution in [1.29, 1.82) is 0 Å². The number of phenolic OH excluding ortho intramolecular Hbond substituents is 1. The fourth-order valence-electron chi connectivity index (χ4n) is 1.58. The van der Waals surface area contributed by atoms with Crippen molar-refractivity contribution in [3.05, 3.63) is 35.7 Å². The average molecular weight is 218 g/mol. The zero-order valence-electron chi connectivity index (χ0n) is 9.31. The number of hydrogen-bond acceptors (Lipinski definition) is 4. The summed E-state index contributed by atoms with van der Waals surface area (Å²) in [6.45, 7) is 0. The first kappa shape index (κ1) is 10.5. The van der Waals surface area contributed by atoms with Crippen LogP contribution in [-0.2, 0) is 13.5 Å². The van der Waals surface area contributed by atoms with Gasteiger partial charge in [0.1, 0.15) is 11.6 Å². The molecule has 5 heteroatoms. The maximum atomic E-state index is 9.36. The molecule has 84 valence electrons. The quantitative estimate of drug-likeness (QED) is 0.811. The molecule has 0 saturated heterocycles. The largest absolute Gasteiger partial charge is 0.508 e. The van der Waals surface area contributed by atoms with Crippen molar-refractivity contribution in [2.75, 3.05) is 12.4 Å². The van der Waals surface area contributed by atoms with Gasteiger partial charge in [-0.2, -0.15) is 0 Å². The number of phenols is 1. The molecule has 16 heavy (non-hydrogen) atoms. The maximum Gasteiger partial charge on any atom is 0.224 e. The molecule has 0 aliphatic heterocycles. The van der Waals surface area contributed by atoms with Crippen LogP contribution >= 0.6 is 0 Å². The molecular weight excluding hydrogens is 204 g/mol. The molecule has 0 aliphatic carbocycles. The Kier molecular flexibility index (Phi) is 2.76. The van der Waals surface area contributed by atoms with Crippen LogP contribution < -0.4 is 5.32 Å². The highest BCUT2D eigenvalue weighted by Crippen LogP contribution is 2.15. The van der Waals surface area contributed by atoms with E-state index in [2.05, 4.69) is 15.5 Å². The van der Waals surface area contributed by atoms with Crippen LogP contribution in [-0.4, -0.2) is 26.9 Å². The van der Waals surface area contributed by atoms with Gasteiger partial charge in [0.05, 0.1) is 0 Å². The molecule has 2 aromatic rings. The normalized spacial score (nSPS) is 10.4. The topological polar surface area (TPSA) is 63.0 Å². The first-order valence-electron chi connectivity index (χ1n) is 5.04. The summed E-state index contributed by atoms with van der Waals surface area (Å²) in [5, 5.41) is 20.4. The van der Waals surface area contributed by atoms with Crippen molar-refractivity contribution < 1.29 is 5.11 Å². The van der Waals surface area contributed by atoms with Gasteiger partial charge in [-0.15, -0.1) is 10.2 Å². The standard InChI is InChI=1S/C11H14N4O/c1-12-11-14-13-10(15(11)2)7-8-4-3-5-9(16)6-8/h3-6,16H,7H2,1-2H3,(H,12,14). The molecule has 5 nitrogen and oxygen atoms in total. The molecule has 0 atom stereocenters. The molecule has 2 rings (SSSR count). The Bertz CT molecular complexity index is 492. The van der Waals surface area contributed by atoms with Crippen LogP contribution in [0.3, 0.4) is 0 Å². The SMILES string of the molecule is CNc1nnc(Cc2cccc(O)c2)n1C.